The lowest BCUT2D eigenvalue weighted by molar-refractivity contribution is 0.370. The average molecular weight is 311 g/mol. The van der Waals surface area contributed by atoms with Gasteiger partial charge < -0.3 is 4.52 Å². The van der Waals surface area contributed by atoms with E-state index in [1.807, 2.05) is 6.92 Å². The summed E-state index contributed by atoms with van der Waals surface area (Å²) in [5.74, 6) is 1.33. The van der Waals surface area contributed by atoms with Crippen LogP contribution in [0, 0.1) is 0 Å². The van der Waals surface area contributed by atoms with Crippen LogP contribution in [-0.4, -0.2) is 28.3 Å². The van der Waals surface area contributed by atoms with Crippen LogP contribution in [0.4, 0.5) is 0 Å². The SMILES string of the molecule is CCCn1cc(S(=O)(=O)NCc2nc(C3CC3)no2)cn1. The van der Waals surface area contributed by atoms with Gasteiger partial charge in [-0.15, -0.1) is 0 Å². The molecule has 0 aromatic carbocycles. The van der Waals surface area contributed by atoms with Gasteiger partial charge in [-0.25, -0.2) is 13.1 Å². The number of hydrogen-bond donors (Lipinski definition) is 1. The van der Waals surface area contributed by atoms with Crippen LogP contribution in [0.3, 0.4) is 0 Å². The summed E-state index contributed by atoms with van der Waals surface area (Å²) >= 11 is 0. The summed E-state index contributed by atoms with van der Waals surface area (Å²) in [6, 6.07) is 0. The van der Waals surface area contributed by atoms with E-state index in [0.717, 1.165) is 19.3 Å². The second-order valence-electron chi connectivity index (χ2n) is 5.08. The van der Waals surface area contributed by atoms with Crippen LogP contribution in [0.5, 0.6) is 0 Å². The molecule has 2 aromatic heterocycles. The number of nitrogens with one attached hydrogen (secondary N) is 1. The third-order valence-corrected chi connectivity index (χ3v) is 4.57. The summed E-state index contributed by atoms with van der Waals surface area (Å²) in [6.45, 7) is 2.67. The van der Waals surface area contributed by atoms with E-state index in [0.29, 0.717) is 18.3 Å². The number of hydrogen-bond acceptors (Lipinski definition) is 6. The molecule has 0 unspecified atom stereocenters. The van der Waals surface area contributed by atoms with Gasteiger partial charge in [0, 0.05) is 18.7 Å². The summed E-state index contributed by atoms with van der Waals surface area (Å²) in [7, 11) is -3.61. The predicted octanol–water partition coefficient (Wildman–Crippen LogP) is 1.03. The Morgan fingerprint density at radius 2 is 2.29 bits per heavy atom. The fraction of sp³-hybridized carbons (Fsp3) is 0.583. The molecule has 0 saturated heterocycles. The van der Waals surface area contributed by atoms with Crippen LogP contribution in [0.25, 0.3) is 0 Å². The molecule has 1 fully saturated rings. The fourth-order valence-electron chi connectivity index (χ4n) is 1.92. The monoisotopic (exact) mass is 311 g/mol. The van der Waals surface area contributed by atoms with E-state index in [-0.39, 0.29) is 17.3 Å². The van der Waals surface area contributed by atoms with Crippen LogP contribution in [0.2, 0.25) is 0 Å². The van der Waals surface area contributed by atoms with E-state index < -0.39 is 10.0 Å². The fourth-order valence-corrected chi connectivity index (χ4v) is 2.85. The smallest absolute Gasteiger partial charge is 0.244 e. The molecular formula is C12H17N5O3S. The second-order valence-corrected chi connectivity index (χ2v) is 6.85. The maximum atomic E-state index is 12.1. The van der Waals surface area contributed by atoms with Gasteiger partial charge in [0.2, 0.25) is 15.9 Å². The molecule has 8 nitrogen and oxygen atoms in total. The Labute approximate surface area is 122 Å². The zero-order valence-electron chi connectivity index (χ0n) is 11.7. The number of nitrogens with zero attached hydrogens (tertiary/aromatic N) is 4. The lowest BCUT2D eigenvalue weighted by atomic mass is 10.4. The molecule has 1 saturated carbocycles. The first-order chi connectivity index (χ1) is 10.1. The van der Waals surface area contributed by atoms with Gasteiger partial charge in [0.25, 0.3) is 0 Å². The van der Waals surface area contributed by atoms with Crippen LogP contribution in [0.1, 0.15) is 43.8 Å². The van der Waals surface area contributed by atoms with Crippen molar-refractivity contribution in [3.05, 3.63) is 24.1 Å². The first-order valence-electron chi connectivity index (χ1n) is 6.93. The Hall–Kier alpha value is -1.74. The second kappa shape index (κ2) is 5.57. The highest BCUT2D eigenvalue weighted by Gasteiger charge is 2.29. The van der Waals surface area contributed by atoms with Gasteiger partial charge in [-0.05, 0) is 19.3 Å². The molecule has 1 N–H and O–H groups in total. The van der Waals surface area contributed by atoms with Crippen molar-refractivity contribution in [2.75, 3.05) is 0 Å². The molecular weight excluding hydrogens is 294 g/mol. The minimum Gasteiger partial charge on any atom is -0.338 e. The van der Waals surface area contributed by atoms with Crippen molar-refractivity contribution in [1.82, 2.24) is 24.6 Å². The van der Waals surface area contributed by atoms with Gasteiger partial charge in [0.05, 0.1) is 12.7 Å². The van der Waals surface area contributed by atoms with Crippen LogP contribution >= 0.6 is 0 Å². The standard InChI is InChI=1S/C12H17N5O3S/c1-2-5-17-8-10(6-13-17)21(18,19)14-7-11-15-12(16-20-11)9-3-4-9/h6,8-9,14H,2-5,7H2,1H3. The van der Waals surface area contributed by atoms with Gasteiger partial charge in [0.15, 0.2) is 5.82 Å². The third-order valence-electron chi connectivity index (χ3n) is 3.21. The van der Waals surface area contributed by atoms with Crippen molar-refractivity contribution >= 4 is 10.0 Å². The molecule has 114 valence electrons. The Morgan fingerprint density at radius 1 is 1.48 bits per heavy atom. The minimum absolute atomic E-state index is 0.0129. The zero-order chi connectivity index (χ0) is 14.9. The first-order valence-corrected chi connectivity index (χ1v) is 8.41. The Bertz CT molecular complexity index is 717. The Kier molecular flexibility index (Phi) is 3.77. The lowest BCUT2D eigenvalue weighted by Crippen LogP contribution is -2.23. The van der Waals surface area contributed by atoms with Crippen LogP contribution in [-0.2, 0) is 23.1 Å². The molecule has 1 aliphatic carbocycles. The highest BCUT2D eigenvalue weighted by molar-refractivity contribution is 7.89. The minimum atomic E-state index is -3.61. The maximum Gasteiger partial charge on any atom is 0.244 e. The topological polar surface area (TPSA) is 103 Å². The van der Waals surface area contributed by atoms with Gasteiger partial charge in [-0.2, -0.15) is 10.1 Å². The predicted molar refractivity (Wildman–Crippen MR) is 72.8 cm³/mol. The van der Waals surface area contributed by atoms with Gasteiger partial charge in [-0.3, -0.25) is 4.68 Å². The molecule has 1 aliphatic rings. The van der Waals surface area contributed by atoms with Crippen molar-refractivity contribution in [2.45, 2.75) is 50.1 Å². The van der Waals surface area contributed by atoms with E-state index in [1.54, 1.807) is 4.68 Å². The van der Waals surface area contributed by atoms with Crippen molar-refractivity contribution < 1.29 is 12.9 Å². The summed E-state index contributed by atoms with van der Waals surface area (Å²) in [6.07, 6.45) is 5.87. The summed E-state index contributed by atoms with van der Waals surface area (Å²) in [5.41, 5.74) is 0. The molecule has 2 heterocycles. The molecule has 21 heavy (non-hydrogen) atoms. The van der Waals surface area contributed by atoms with Crippen molar-refractivity contribution in [3.8, 4) is 0 Å². The highest BCUT2D eigenvalue weighted by Crippen LogP contribution is 2.38. The largest absolute Gasteiger partial charge is 0.338 e. The van der Waals surface area contributed by atoms with Crippen molar-refractivity contribution in [2.24, 2.45) is 0 Å². The number of aryl methyl sites for hydroxylation is 1. The zero-order valence-corrected chi connectivity index (χ0v) is 12.5. The van der Waals surface area contributed by atoms with E-state index in [4.69, 9.17) is 4.52 Å². The normalized spacial score (nSPS) is 15.5. The molecule has 0 aliphatic heterocycles. The molecule has 0 spiro atoms. The summed E-state index contributed by atoms with van der Waals surface area (Å²) < 4.78 is 33.3. The summed E-state index contributed by atoms with van der Waals surface area (Å²) in [4.78, 5) is 4.32. The molecule has 2 aromatic rings. The van der Waals surface area contributed by atoms with Crippen molar-refractivity contribution in [3.63, 3.8) is 0 Å². The van der Waals surface area contributed by atoms with Gasteiger partial charge in [0.1, 0.15) is 4.90 Å². The summed E-state index contributed by atoms with van der Waals surface area (Å²) in [5, 5.41) is 7.85. The quantitative estimate of drug-likeness (QED) is 0.819. The number of aromatic nitrogens is 4. The molecule has 0 radical (unpaired) electrons. The maximum absolute atomic E-state index is 12.1. The third kappa shape index (κ3) is 3.30. The van der Waals surface area contributed by atoms with Crippen molar-refractivity contribution in [1.29, 1.82) is 0 Å². The van der Waals surface area contributed by atoms with E-state index in [1.165, 1.54) is 12.4 Å². The molecule has 0 bridgehead atoms. The van der Waals surface area contributed by atoms with Gasteiger partial charge >= 0.3 is 0 Å². The first kappa shape index (κ1) is 14.2. The van der Waals surface area contributed by atoms with E-state index >= 15 is 0 Å². The number of sulfonamides is 1. The molecule has 3 rings (SSSR count). The average Bonchev–Trinajstić information content (AvgIpc) is 3.01. The van der Waals surface area contributed by atoms with Crippen LogP contribution < -0.4 is 4.72 Å². The molecule has 0 atom stereocenters. The van der Waals surface area contributed by atoms with E-state index in [2.05, 4.69) is 20.0 Å². The Balaban J connectivity index is 1.64. The lowest BCUT2D eigenvalue weighted by Gasteiger charge is -2.01. The highest BCUT2D eigenvalue weighted by atomic mass is 32.2. The van der Waals surface area contributed by atoms with Gasteiger partial charge in [-0.1, -0.05) is 12.1 Å². The van der Waals surface area contributed by atoms with Crippen LogP contribution in [0.15, 0.2) is 21.8 Å². The molecule has 9 heteroatoms. The van der Waals surface area contributed by atoms with E-state index in [9.17, 15) is 8.42 Å². The Morgan fingerprint density at radius 3 is 3.00 bits per heavy atom. The molecule has 0 amide bonds. The number of rotatable bonds is 7.